The lowest BCUT2D eigenvalue weighted by Crippen LogP contribution is -2.35. The summed E-state index contributed by atoms with van der Waals surface area (Å²) in [4.78, 5) is 85.4. The number of imide groups is 2. The van der Waals surface area contributed by atoms with E-state index in [2.05, 4.69) is 47.7 Å². The van der Waals surface area contributed by atoms with E-state index in [9.17, 15) is 41.7 Å². The van der Waals surface area contributed by atoms with Crippen molar-refractivity contribution in [1.29, 1.82) is 0 Å². The zero-order chi connectivity index (χ0) is 56.6. The molecule has 424 valence electrons. The van der Waals surface area contributed by atoms with E-state index >= 15 is 0 Å². The molecule has 3 aliphatic heterocycles. The van der Waals surface area contributed by atoms with Gasteiger partial charge in [-0.2, -0.15) is 13.0 Å². The molecule has 7 aromatic rings. The monoisotopic (exact) mass is 1150 g/mol. The van der Waals surface area contributed by atoms with Crippen molar-refractivity contribution in [2.75, 3.05) is 23.0 Å². The first-order valence-electron chi connectivity index (χ1n) is 26.9. The van der Waals surface area contributed by atoms with Crippen molar-refractivity contribution in [2.45, 2.75) is 110 Å². The van der Waals surface area contributed by atoms with Crippen LogP contribution < -0.4 is 14.2 Å². The van der Waals surface area contributed by atoms with Crippen LogP contribution in [-0.2, 0) is 77.6 Å². The molecular weight excluding hydrogens is 1090 g/mol. The number of allylic oxidation sites excluding steroid dienone is 4. The number of benzene rings is 4. The number of hydroxylamine groups is 4. The van der Waals surface area contributed by atoms with E-state index in [-0.39, 0.29) is 44.9 Å². The normalized spacial score (nSPS) is 15.5. The molecule has 0 saturated carbocycles. The standard InChI is InChI=1S/C57H58N6O16S2/c64-50-24-25-51(65)62(50)76-56(68)22-6-2-12-28-60-46-34-40-38-16-8-10-18-42(38)58(30-14-32-80-79-78-70)44(40)36-48(46)74-54(60)20-4-1-5-21-55-61(29-13-3-7-23-57(69)77-63-52(66)26-27-53(63)67)47-35-41-39-17-9-11-19-43(39)59(31-15-33-81(71,72)73)45(41)37-49(47)75-55/h1,4-5,8-11,16-21,34-37H,2-3,6-7,12-15,22-33H2,(H-,70,71,72,73)/p+1. The van der Waals surface area contributed by atoms with Crippen LogP contribution in [-0.4, -0.2) is 91.1 Å². The second-order valence-electron chi connectivity index (χ2n) is 19.8. The highest BCUT2D eigenvalue weighted by Gasteiger charge is 2.34. The first kappa shape index (κ1) is 56.4. The summed E-state index contributed by atoms with van der Waals surface area (Å²) in [5.74, 6) is -1.50. The number of rotatable bonds is 27. The molecule has 3 aliphatic rings. The number of nitrogens with zero attached hydrogens (tertiary/aromatic N) is 6. The lowest BCUT2D eigenvalue weighted by atomic mass is 10.1. The number of amides is 4. The van der Waals surface area contributed by atoms with Gasteiger partial charge in [-0.05, 0) is 62.8 Å². The van der Waals surface area contributed by atoms with Crippen molar-refractivity contribution in [3.8, 4) is 5.75 Å². The van der Waals surface area contributed by atoms with Crippen molar-refractivity contribution in [3.05, 3.63) is 109 Å². The number of hydrogen-bond acceptors (Lipinski definition) is 17. The van der Waals surface area contributed by atoms with Gasteiger partial charge in [0.25, 0.3) is 39.3 Å². The number of hydrogen-bond donors (Lipinski definition) is 2. The van der Waals surface area contributed by atoms with Gasteiger partial charge in [0, 0.05) is 133 Å². The summed E-state index contributed by atoms with van der Waals surface area (Å²) in [6.45, 7) is 2.00. The molecular formula is C57H59N6O16S2+. The fourth-order valence-electron chi connectivity index (χ4n) is 10.6. The summed E-state index contributed by atoms with van der Waals surface area (Å²) in [7, 11) is -4.17. The number of ether oxygens (including phenoxy) is 1. The van der Waals surface area contributed by atoms with Gasteiger partial charge < -0.3 is 32.9 Å². The van der Waals surface area contributed by atoms with Gasteiger partial charge >= 0.3 is 17.8 Å². The molecule has 4 amide bonds. The predicted octanol–water partition coefficient (Wildman–Crippen LogP) is 9.32. The fraction of sp³-hybridized carbons (Fsp3) is 0.351. The molecule has 2 saturated heterocycles. The number of carbonyl (C=O) groups excluding carboxylic acids is 6. The first-order valence-corrected chi connectivity index (χ1v) is 29.4. The van der Waals surface area contributed by atoms with Crippen LogP contribution in [0.2, 0.25) is 0 Å². The SMILES string of the molecule is O=C(CCCCCN1/C(=C/C=C/C=C/c2oc3cc4c(cc3[n+]2CCCCCC(=O)ON2C(=O)CCC2=O)c2ccccc2n4CCCS(=O)(=O)O)Oc2cc3c(cc21)c1ccccc1n3CCCSOOO)ON1C(=O)CCC1=O. The van der Waals surface area contributed by atoms with Gasteiger partial charge in [-0.25, -0.2) is 14.8 Å². The minimum absolute atomic E-state index is 0.0113. The fourth-order valence-corrected chi connectivity index (χ4v) is 11.5. The molecule has 2 fully saturated rings. The maximum atomic E-state index is 12.6. The largest absolute Gasteiger partial charge is 0.439 e. The van der Waals surface area contributed by atoms with Crippen LogP contribution >= 0.6 is 12.0 Å². The Morgan fingerprint density at radius 3 is 1.88 bits per heavy atom. The Kier molecular flexibility index (Phi) is 17.6. The van der Waals surface area contributed by atoms with Gasteiger partial charge in [-0.15, -0.1) is 14.5 Å². The van der Waals surface area contributed by atoms with Crippen LogP contribution in [0.1, 0.15) is 95.8 Å². The van der Waals surface area contributed by atoms with Gasteiger partial charge in [-0.1, -0.05) is 66.1 Å². The van der Waals surface area contributed by atoms with E-state index in [1.807, 2.05) is 83.5 Å². The van der Waals surface area contributed by atoms with Crippen LogP contribution in [0.25, 0.3) is 60.8 Å². The number of para-hydroxylation sites is 2. The summed E-state index contributed by atoms with van der Waals surface area (Å²) in [6, 6.07) is 24.1. The number of anilines is 1. The third kappa shape index (κ3) is 12.9. The van der Waals surface area contributed by atoms with Crippen LogP contribution in [0, 0.1) is 0 Å². The van der Waals surface area contributed by atoms with Crippen molar-refractivity contribution >= 4 is 124 Å². The second-order valence-corrected chi connectivity index (χ2v) is 22.1. The molecule has 3 aromatic heterocycles. The minimum atomic E-state index is -4.17. The predicted molar refractivity (Wildman–Crippen MR) is 297 cm³/mol. The lowest BCUT2D eigenvalue weighted by Gasteiger charge is -2.18. The maximum absolute atomic E-state index is 12.6. The highest BCUT2D eigenvalue weighted by Crippen LogP contribution is 2.45. The number of oxazole rings is 1. The molecule has 4 aromatic carbocycles. The van der Waals surface area contributed by atoms with Gasteiger partial charge in [0.1, 0.15) is 0 Å². The van der Waals surface area contributed by atoms with Gasteiger partial charge in [0.15, 0.2) is 12.3 Å². The number of aromatic nitrogens is 3. The topological polar surface area (TPSA) is 260 Å². The Labute approximate surface area is 468 Å². The Balaban J connectivity index is 0.906. The molecule has 6 heterocycles. The van der Waals surface area contributed by atoms with Crippen molar-refractivity contribution < 1.29 is 79.8 Å². The molecule has 2 N–H and O–H groups in total. The summed E-state index contributed by atoms with van der Waals surface area (Å²) in [5.41, 5.74) is 5.99. The number of aryl methyl sites for hydroxylation is 3. The molecule has 0 aliphatic carbocycles. The van der Waals surface area contributed by atoms with E-state index in [1.165, 1.54) is 0 Å². The van der Waals surface area contributed by atoms with E-state index in [0.717, 1.165) is 66.9 Å². The zero-order valence-electron chi connectivity index (χ0n) is 44.1. The van der Waals surface area contributed by atoms with E-state index in [4.69, 9.17) is 24.1 Å². The molecule has 0 unspecified atom stereocenters. The Morgan fingerprint density at radius 2 is 1.25 bits per heavy atom. The summed E-state index contributed by atoms with van der Waals surface area (Å²) in [6.07, 6.45) is 13.7. The second kappa shape index (κ2) is 25.3. The first-order chi connectivity index (χ1) is 39.3. The Hall–Kier alpha value is -7.87. The molecule has 0 spiro atoms. The third-order valence-corrected chi connectivity index (χ3v) is 15.8. The third-order valence-electron chi connectivity index (χ3n) is 14.3. The van der Waals surface area contributed by atoms with E-state index in [0.29, 0.717) is 110 Å². The average molecular weight is 1150 g/mol. The highest BCUT2D eigenvalue weighted by molar-refractivity contribution is 7.94. The zero-order valence-corrected chi connectivity index (χ0v) is 45.7. The van der Waals surface area contributed by atoms with Crippen LogP contribution in [0.15, 0.2) is 107 Å². The smallest absolute Gasteiger partial charge is 0.374 e. The van der Waals surface area contributed by atoms with Gasteiger partial charge in [0.2, 0.25) is 11.5 Å². The van der Waals surface area contributed by atoms with Crippen molar-refractivity contribution in [1.82, 2.24) is 19.3 Å². The van der Waals surface area contributed by atoms with Gasteiger partial charge in [-0.3, -0.25) is 23.7 Å². The van der Waals surface area contributed by atoms with Crippen LogP contribution in [0.5, 0.6) is 5.75 Å². The molecule has 10 rings (SSSR count). The Morgan fingerprint density at radius 1 is 0.654 bits per heavy atom. The highest BCUT2D eigenvalue weighted by atomic mass is 32.2. The van der Waals surface area contributed by atoms with E-state index < -0.39 is 51.4 Å². The molecule has 0 bridgehead atoms. The quantitative estimate of drug-likeness (QED) is 0.00710. The van der Waals surface area contributed by atoms with Crippen molar-refractivity contribution in [2.24, 2.45) is 0 Å². The Bertz CT molecular complexity index is 3770. The summed E-state index contributed by atoms with van der Waals surface area (Å²) >= 11 is 1.00. The molecule has 81 heavy (non-hydrogen) atoms. The van der Waals surface area contributed by atoms with Crippen LogP contribution in [0.3, 0.4) is 0 Å². The molecule has 0 radical (unpaired) electrons. The average Bonchev–Trinajstić information content (AvgIpc) is 4.44. The van der Waals surface area contributed by atoms with Crippen LogP contribution in [0.4, 0.5) is 5.69 Å². The number of fused-ring (bicyclic) bond motifs is 8. The van der Waals surface area contributed by atoms with Gasteiger partial charge in [0.05, 0.1) is 28.5 Å². The maximum Gasteiger partial charge on any atom is 0.374 e. The number of unbranched alkanes of at least 4 members (excludes halogenated alkanes) is 4. The molecule has 22 nitrogen and oxygen atoms in total. The molecule has 0 atom stereocenters. The van der Waals surface area contributed by atoms with Crippen molar-refractivity contribution in [3.63, 3.8) is 0 Å². The molecule has 24 heteroatoms. The summed E-state index contributed by atoms with van der Waals surface area (Å²) in [5, 5.41) is 17.5. The van der Waals surface area contributed by atoms with E-state index in [1.54, 1.807) is 0 Å². The number of carbonyl (C=O) groups is 6. The minimum Gasteiger partial charge on any atom is -0.439 e. The summed E-state index contributed by atoms with van der Waals surface area (Å²) < 4.78 is 57.0. The lowest BCUT2D eigenvalue weighted by molar-refractivity contribution is -0.678.